The van der Waals surface area contributed by atoms with Gasteiger partial charge >= 0.3 is 0 Å². The second-order valence-corrected chi connectivity index (χ2v) is 4.60. The zero-order valence-electron chi connectivity index (χ0n) is 9.97. The van der Waals surface area contributed by atoms with Gasteiger partial charge in [0.2, 0.25) is 0 Å². The van der Waals surface area contributed by atoms with Crippen LogP contribution in [0.2, 0.25) is 0 Å². The molecule has 0 heteroatoms. The molecule has 0 saturated heterocycles. The van der Waals surface area contributed by atoms with Crippen molar-refractivity contribution in [1.29, 1.82) is 0 Å². The second kappa shape index (κ2) is 8.59. The van der Waals surface area contributed by atoms with Gasteiger partial charge in [-0.05, 0) is 24.7 Å². The minimum atomic E-state index is 0.840. The third kappa shape index (κ3) is 8.33. The van der Waals surface area contributed by atoms with Crippen molar-refractivity contribution in [3.05, 3.63) is 6.42 Å². The largest absolute Gasteiger partial charge is 0.0654 e. The monoisotopic (exact) mass is 183 g/mol. The molecule has 0 amide bonds. The highest BCUT2D eigenvalue weighted by molar-refractivity contribution is 4.70. The first kappa shape index (κ1) is 13.0. The van der Waals surface area contributed by atoms with E-state index in [1.165, 1.54) is 38.5 Å². The van der Waals surface area contributed by atoms with Gasteiger partial charge in [-0.25, -0.2) is 0 Å². The molecule has 0 heterocycles. The third-order valence-electron chi connectivity index (χ3n) is 2.94. The Morgan fingerprint density at radius 1 is 1.00 bits per heavy atom. The summed E-state index contributed by atoms with van der Waals surface area (Å²) in [5.74, 6) is 1.71. The normalized spacial score (nSPS) is 13.6. The standard InChI is InChI=1S/C13H27/c1-5-6-7-8-9-10-11-13(4)12(2)3/h10,12-13H,5-9,11H2,1-4H3. The van der Waals surface area contributed by atoms with Crippen molar-refractivity contribution in [2.75, 3.05) is 0 Å². The molecule has 0 aliphatic heterocycles. The van der Waals surface area contributed by atoms with Crippen LogP contribution >= 0.6 is 0 Å². The van der Waals surface area contributed by atoms with Crippen LogP contribution in [-0.4, -0.2) is 0 Å². The highest BCUT2D eigenvalue weighted by Crippen LogP contribution is 2.17. The molecular weight excluding hydrogens is 156 g/mol. The summed E-state index contributed by atoms with van der Waals surface area (Å²) in [4.78, 5) is 0. The predicted octanol–water partition coefficient (Wildman–Crippen LogP) is 4.84. The molecule has 0 aliphatic carbocycles. The average Bonchev–Trinajstić information content (AvgIpc) is 2.10. The molecule has 0 aromatic heterocycles. The van der Waals surface area contributed by atoms with E-state index in [0.717, 1.165) is 11.8 Å². The maximum absolute atomic E-state index is 2.49. The van der Waals surface area contributed by atoms with E-state index in [1.807, 2.05) is 0 Å². The van der Waals surface area contributed by atoms with Crippen molar-refractivity contribution in [3.8, 4) is 0 Å². The van der Waals surface area contributed by atoms with E-state index in [1.54, 1.807) is 0 Å². The van der Waals surface area contributed by atoms with Crippen LogP contribution in [0.3, 0.4) is 0 Å². The molecule has 13 heavy (non-hydrogen) atoms. The zero-order chi connectivity index (χ0) is 10.1. The second-order valence-electron chi connectivity index (χ2n) is 4.60. The highest BCUT2D eigenvalue weighted by Gasteiger charge is 2.05. The number of hydrogen-bond donors (Lipinski definition) is 0. The molecule has 0 spiro atoms. The van der Waals surface area contributed by atoms with Crippen LogP contribution in [0.15, 0.2) is 0 Å². The van der Waals surface area contributed by atoms with E-state index in [4.69, 9.17) is 0 Å². The highest BCUT2D eigenvalue weighted by atomic mass is 14.1. The molecule has 1 unspecified atom stereocenters. The van der Waals surface area contributed by atoms with Crippen LogP contribution in [0.25, 0.3) is 0 Å². The van der Waals surface area contributed by atoms with Gasteiger partial charge in [0.1, 0.15) is 0 Å². The molecular formula is C13H27. The summed E-state index contributed by atoms with van der Waals surface area (Å²) in [6, 6.07) is 0. The molecule has 0 saturated carbocycles. The summed E-state index contributed by atoms with van der Waals surface area (Å²) in [5, 5.41) is 0. The first-order valence-electron chi connectivity index (χ1n) is 6.00. The fraction of sp³-hybridized carbons (Fsp3) is 0.923. The molecule has 1 radical (unpaired) electrons. The Labute approximate surface area is 85.1 Å². The van der Waals surface area contributed by atoms with Gasteiger partial charge in [-0.3, -0.25) is 0 Å². The topological polar surface area (TPSA) is 0 Å². The van der Waals surface area contributed by atoms with E-state index in [9.17, 15) is 0 Å². The van der Waals surface area contributed by atoms with E-state index in [-0.39, 0.29) is 0 Å². The molecule has 1 atom stereocenters. The Hall–Kier alpha value is 0. The Morgan fingerprint density at radius 2 is 1.69 bits per heavy atom. The minimum absolute atomic E-state index is 0.840. The summed E-state index contributed by atoms with van der Waals surface area (Å²) in [6.45, 7) is 9.25. The fourth-order valence-corrected chi connectivity index (χ4v) is 1.37. The molecule has 79 valence electrons. The Kier molecular flexibility index (Phi) is 8.59. The van der Waals surface area contributed by atoms with Crippen LogP contribution in [-0.2, 0) is 0 Å². The van der Waals surface area contributed by atoms with Gasteiger partial charge < -0.3 is 0 Å². The predicted molar refractivity (Wildman–Crippen MR) is 61.7 cm³/mol. The molecule has 0 fully saturated rings. The smallest absolute Gasteiger partial charge is 0.0383 e. The molecule has 0 nitrogen and oxygen atoms in total. The van der Waals surface area contributed by atoms with Crippen molar-refractivity contribution in [2.24, 2.45) is 11.8 Å². The van der Waals surface area contributed by atoms with E-state index >= 15 is 0 Å². The lowest BCUT2D eigenvalue weighted by Gasteiger charge is -2.14. The summed E-state index contributed by atoms with van der Waals surface area (Å²) in [6.07, 6.45) is 10.7. The maximum atomic E-state index is 2.49. The van der Waals surface area contributed by atoms with Gasteiger partial charge in [0.25, 0.3) is 0 Å². The molecule has 0 aromatic rings. The van der Waals surface area contributed by atoms with Crippen molar-refractivity contribution < 1.29 is 0 Å². The molecule has 0 aromatic carbocycles. The van der Waals surface area contributed by atoms with Gasteiger partial charge in [-0.15, -0.1) is 0 Å². The quantitative estimate of drug-likeness (QED) is 0.472. The summed E-state index contributed by atoms with van der Waals surface area (Å²) in [5.41, 5.74) is 0. The summed E-state index contributed by atoms with van der Waals surface area (Å²) >= 11 is 0. The SMILES string of the molecule is CCCCCC[CH]CC(C)C(C)C. The lowest BCUT2D eigenvalue weighted by atomic mass is 9.92. The Bertz CT molecular complexity index is 94.2. The van der Waals surface area contributed by atoms with Gasteiger partial charge in [-0.1, -0.05) is 59.8 Å². The van der Waals surface area contributed by atoms with Crippen molar-refractivity contribution in [2.45, 2.75) is 66.2 Å². The van der Waals surface area contributed by atoms with Crippen molar-refractivity contribution >= 4 is 0 Å². The van der Waals surface area contributed by atoms with Crippen LogP contribution in [0.5, 0.6) is 0 Å². The van der Waals surface area contributed by atoms with Gasteiger partial charge in [0.05, 0.1) is 0 Å². The first-order valence-corrected chi connectivity index (χ1v) is 6.00. The molecule has 0 N–H and O–H groups in total. The van der Waals surface area contributed by atoms with Crippen molar-refractivity contribution in [1.82, 2.24) is 0 Å². The van der Waals surface area contributed by atoms with Crippen LogP contribution in [0.1, 0.15) is 66.2 Å². The first-order chi connectivity index (χ1) is 6.18. The molecule has 0 bridgehead atoms. The number of rotatable bonds is 8. The van der Waals surface area contributed by atoms with Crippen LogP contribution < -0.4 is 0 Å². The fourth-order valence-electron chi connectivity index (χ4n) is 1.37. The van der Waals surface area contributed by atoms with Gasteiger partial charge in [0, 0.05) is 0 Å². The van der Waals surface area contributed by atoms with E-state index in [0.29, 0.717) is 0 Å². The number of unbranched alkanes of at least 4 members (excludes halogenated alkanes) is 5. The Morgan fingerprint density at radius 3 is 2.23 bits per heavy atom. The lowest BCUT2D eigenvalue weighted by molar-refractivity contribution is 0.408. The minimum Gasteiger partial charge on any atom is -0.0654 e. The van der Waals surface area contributed by atoms with E-state index in [2.05, 4.69) is 34.1 Å². The summed E-state index contributed by atoms with van der Waals surface area (Å²) in [7, 11) is 0. The zero-order valence-corrected chi connectivity index (χ0v) is 9.97. The Balaban J connectivity index is 3.07. The van der Waals surface area contributed by atoms with Crippen LogP contribution in [0, 0.1) is 18.3 Å². The van der Waals surface area contributed by atoms with E-state index < -0.39 is 0 Å². The average molecular weight is 183 g/mol. The maximum Gasteiger partial charge on any atom is -0.0383 e. The molecule has 0 rings (SSSR count). The van der Waals surface area contributed by atoms with Crippen molar-refractivity contribution in [3.63, 3.8) is 0 Å². The van der Waals surface area contributed by atoms with Crippen LogP contribution in [0.4, 0.5) is 0 Å². The molecule has 0 aliphatic rings. The summed E-state index contributed by atoms with van der Waals surface area (Å²) < 4.78 is 0. The number of hydrogen-bond acceptors (Lipinski definition) is 0. The van der Waals surface area contributed by atoms with Gasteiger partial charge in [-0.2, -0.15) is 0 Å². The third-order valence-corrected chi connectivity index (χ3v) is 2.94. The lowest BCUT2D eigenvalue weighted by Crippen LogP contribution is -2.03. The van der Waals surface area contributed by atoms with Gasteiger partial charge in [0.15, 0.2) is 0 Å².